The van der Waals surface area contributed by atoms with Crippen LogP contribution in [0.25, 0.3) is 0 Å². The Morgan fingerprint density at radius 1 is 1.62 bits per heavy atom. The number of rotatable bonds is 4. The van der Waals surface area contributed by atoms with E-state index < -0.39 is 6.23 Å². The minimum absolute atomic E-state index is 0.108. The average molecular weight is 204 g/mol. The Morgan fingerprint density at radius 3 is 2.77 bits per heavy atom. The van der Waals surface area contributed by atoms with Gasteiger partial charge >= 0.3 is 0 Å². The summed E-state index contributed by atoms with van der Waals surface area (Å²) in [4.78, 5) is 2.06. The lowest BCUT2D eigenvalue weighted by molar-refractivity contribution is -0.00868. The van der Waals surface area contributed by atoms with Crippen molar-refractivity contribution in [2.75, 3.05) is 18.2 Å². The summed E-state index contributed by atoms with van der Waals surface area (Å²) >= 11 is 1.86. The van der Waals surface area contributed by atoms with Gasteiger partial charge < -0.3 is 10.8 Å². The van der Waals surface area contributed by atoms with Crippen LogP contribution in [0.4, 0.5) is 0 Å². The molecule has 0 radical (unpaired) electrons. The van der Waals surface area contributed by atoms with Gasteiger partial charge in [0.2, 0.25) is 0 Å². The van der Waals surface area contributed by atoms with Crippen molar-refractivity contribution in [3.63, 3.8) is 0 Å². The minimum atomic E-state index is -0.454. The summed E-state index contributed by atoms with van der Waals surface area (Å²) in [5.41, 5.74) is 5.95. The lowest BCUT2D eigenvalue weighted by atomic mass is 9.98. The van der Waals surface area contributed by atoms with Crippen LogP contribution in [0, 0.1) is 5.92 Å². The van der Waals surface area contributed by atoms with Crippen LogP contribution >= 0.6 is 11.8 Å². The summed E-state index contributed by atoms with van der Waals surface area (Å²) in [5.74, 6) is 2.43. The summed E-state index contributed by atoms with van der Waals surface area (Å²) in [6.45, 7) is 5.17. The van der Waals surface area contributed by atoms with Crippen LogP contribution in [0.3, 0.4) is 0 Å². The van der Waals surface area contributed by atoms with Gasteiger partial charge in [0.05, 0.1) is 0 Å². The van der Waals surface area contributed by atoms with Gasteiger partial charge in [-0.05, 0) is 5.92 Å². The first kappa shape index (κ1) is 11.3. The van der Waals surface area contributed by atoms with Crippen molar-refractivity contribution in [3.05, 3.63) is 0 Å². The summed E-state index contributed by atoms with van der Waals surface area (Å²) in [7, 11) is 0. The molecule has 3 N–H and O–H groups in total. The Hall–Kier alpha value is 0.230. The van der Waals surface area contributed by atoms with E-state index in [1.54, 1.807) is 0 Å². The van der Waals surface area contributed by atoms with Gasteiger partial charge in [0.15, 0.2) is 0 Å². The second-order valence-corrected chi connectivity index (χ2v) is 4.80. The molecular formula is C9H20N2OS. The van der Waals surface area contributed by atoms with Gasteiger partial charge in [0, 0.05) is 24.2 Å². The van der Waals surface area contributed by atoms with Gasteiger partial charge in [-0.2, -0.15) is 0 Å². The van der Waals surface area contributed by atoms with Crippen LogP contribution in [-0.4, -0.2) is 40.5 Å². The largest absolute Gasteiger partial charge is 0.377 e. The van der Waals surface area contributed by atoms with Gasteiger partial charge in [0.25, 0.3) is 0 Å². The molecule has 0 aromatic carbocycles. The summed E-state index contributed by atoms with van der Waals surface area (Å²) in [6, 6.07) is -0.108. The van der Waals surface area contributed by atoms with Crippen molar-refractivity contribution in [1.82, 2.24) is 4.90 Å². The highest BCUT2D eigenvalue weighted by Crippen LogP contribution is 2.19. The van der Waals surface area contributed by atoms with E-state index in [1.807, 2.05) is 11.8 Å². The standard InChI is InChI=1S/C9H20N2OS/c1-3-7(2)8(10)9(12)11-4-5-13-6-11/h7-9,12H,3-6,10H2,1-2H3/t7-,8?,9-/m0/s1. The fraction of sp³-hybridized carbons (Fsp3) is 1.00. The quantitative estimate of drug-likeness (QED) is 0.707. The number of aliphatic hydroxyl groups excluding tert-OH is 1. The maximum absolute atomic E-state index is 9.91. The molecule has 0 saturated carbocycles. The number of aliphatic hydroxyl groups is 1. The first-order chi connectivity index (χ1) is 6.16. The zero-order chi connectivity index (χ0) is 9.84. The smallest absolute Gasteiger partial charge is 0.123 e. The minimum Gasteiger partial charge on any atom is -0.377 e. The lowest BCUT2D eigenvalue weighted by Crippen LogP contribution is -2.49. The van der Waals surface area contributed by atoms with E-state index in [0.717, 1.165) is 24.6 Å². The van der Waals surface area contributed by atoms with Gasteiger partial charge in [0.1, 0.15) is 6.23 Å². The van der Waals surface area contributed by atoms with E-state index >= 15 is 0 Å². The summed E-state index contributed by atoms with van der Waals surface area (Å²) in [6.07, 6.45) is 0.573. The molecule has 1 unspecified atom stereocenters. The molecule has 0 bridgehead atoms. The highest BCUT2D eigenvalue weighted by Gasteiger charge is 2.27. The molecule has 0 aliphatic carbocycles. The van der Waals surface area contributed by atoms with E-state index in [0.29, 0.717) is 5.92 Å². The molecule has 1 saturated heterocycles. The molecule has 78 valence electrons. The molecule has 4 heteroatoms. The van der Waals surface area contributed by atoms with Crippen molar-refractivity contribution in [2.24, 2.45) is 11.7 Å². The average Bonchev–Trinajstić information content (AvgIpc) is 2.67. The van der Waals surface area contributed by atoms with E-state index in [2.05, 4.69) is 18.7 Å². The molecule has 1 aliphatic rings. The molecule has 1 rings (SSSR count). The Bertz CT molecular complexity index is 151. The molecule has 0 aromatic heterocycles. The molecule has 0 aromatic rings. The zero-order valence-corrected chi connectivity index (χ0v) is 9.26. The third-order valence-electron chi connectivity index (χ3n) is 2.80. The Morgan fingerprint density at radius 2 is 2.31 bits per heavy atom. The van der Waals surface area contributed by atoms with E-state index in [4.69, 9.17) is 5.73 Å². The van der Waals surface area contributed by atoms with Crippen molar-refractivity contribution in [3.8, 4) is 0 Å². The third-order valence-corrected chi connectivity index (χ3v) is 3.78. The van der Waals surface area contributed by atoms with Gasteiger partial charge in [-0.15, -0.1) is 11.8 Å². The maximum atomic E-state index is 9.91. The topological polar surface area (TPSA) is 49.5 Å². The van der Waals surface area contributed by atoms with Gasteiger partial charge in [-0.1, -0.05) is 20.3 Å². The van der Waals surface area contributed by atoms with Gasteiger partial charge in [-0.25, -0.2) is 0 Å². The lowest BCUT2D eigenvalue weighted by Gasteiger charge is -2.30. The molecule has 13 heavy (non-hydrogen) atoms. The molecule has 3 atom stereocenters. The number of hydrogen-bond acceptors (Lipinski definition) is 4. The predicted molar refractivity (Wildman–Crippen MR) is 57.5 cm³/mol. The van der Waals surface area contributed by atoms with Gasteiger partial charge in [-0.3, -0.25) is 4.90 Å². The van der Waals surface area contributed by atoms with Crippen LogP contribution in [0.2, 0.25) is 0 Å². The van der Waals surface area contributed by atoms with E-state index in [-0.39, 0.29) is 6.04 Å². The number of thioether (sulfide) groups is 1. The fourth-order valence-corrected chi connectivity index (χ4v) is 2.46. The molecule has 3 nitrogen and oxygen atoms in total. The van der Waals surface area contributed by atoms with Crippen LogP contribution < -0.4 is 5.73 Å². The first-order valence-corrected chi connectivity index (χ1v) is 6.07. The van der Waals surface area contributed by atoms with Crippen molar-refractivity contribution in [2.45, 2.75) is 32.5 Å². The van der Waals surface area contributed by atoms with Crippen LogP contribution in [0.1, 0.15) is 20.3 Å². The second kappa shape index (κ2) is 5.20. The highest BCUT2D eigenvalue weighted by molar-refractivity contribution is 7.99. The number of hydrogen-bond donors (Lipinski definition) is 2. The number of nitrogens with zero attached hydrogens (tertiary/aromatic N) is 1. The van der Waals surface area contributed by atoms with Crippen molar-refractivity contribution >= 4 is 11.8 Å². The predicted octanol–water partition coefficient (Wildman–Crippen LogP) is 0.685. The third kappa shape index (κ3) is 2.84. The molecule has 1 aliphatic heterocycles. The fourth-order valence-electron chi connectivity index (χ4n) is 1.45. The molecule has 0 spiro atoms. The highest BCUT2D eigenvalue weighted by atomic mass is 32.2. The first-order valence-electron chi connectivity index (χ1n) is 4.92. The molecule has 1 fully saturated rings. The van der Waals surface area contributed by atoms with Crippen molar-refractivity contribution < 1.29 is 5.11 Å². The van der Waals surface area contributed by atoms with E-state index in [1.165, 1.54) is 0 Å². The van der Waals surface area contributed by atoms with Crippen molar-refractivity contribution in [1.29, 1.82) is 0 Å². The maximum Gasteiger partial charge on any atom is 0.123 e. The van der Waals surface area contributed by atoms with E-state index in [9.17, 15) is 5.11 Å². The molecular weight excluding hydrogens is 184 g/mol. The second-order valence-electron chi connectivity index (χ2n) is 3.73. The normalized spacial score (nSPS) is 25.8. The SMILES string of the molecule is CC[C@H](C)C(N)[C@H](O)N1CCSC1. The monoisotopic (exact) mass is 204 g/mol. The zero-order valence-electron chi connectivity index (χ0n) is 8.44. The summed E-state index contributed by atoms with van der Waals surface area (Å²) in [5, 5.41) is 9.91. The number of nitrogens with two attached hydrogens (primary N) is 1. The molecule has 0 amide bonds. The molecule has 1 heterocycles. The Balaban J connectivity index is 2.40. The Labute approximate surface area is 84.7 Å². The Kier molecular flexibility index (Phi) is 4.52. The van der Waals surface area contributed by atoms with Crippen LogP contribution in [-0.2, 0) is 0 Å². The van der Waals surface area contributed by atoms with Crippen LogP contribution in [0.15, 0.2) is 0 Å². The van der Waals surface area contributed by atoms with Crippen LogP contribution in [0.5, 0.6) is 0 Å². The summed E-state index contributed by atoms with van der Waals surface area (Å²) < 4.78 is 0.